The number of H-pyrrole nitrogens is 1. The Labute approximate surface area is 63.0 Å². The van der Waals surface area contributed by atoms with E-state index < -0.39 is 0 Å². The lowest BCUT2D eigenvalue weighted by Gasteiger charge is -1.88. The van der Waals surface area contributed by atoms with E-state index in [0.29, 0.717) is 11.4 Å². The quantitative estimate of drug-likeness (QED) is 0.641. The van der Waals surface area contributed by atoms with E-state index in [1.807, 2.05) is 6.07 Å². The van der Waals surface area contributed by atoms with Gasteiger partial charge >= 0.3 is 0 Å². The molecule has 0 aliphatic carbocycles. The van der Waals surface area contributed by atoms with Gasteiger partial charge in [-0.1, -0.05) is 5.16 Å². The maximum atomic E-state index is 5.56. The van der Waals surface area contributed by atoms with E-state index >= 15 is 0 Å². The molecule has 2 heterocycles. The zero-order valence-corrected chi connectivity index (χ0v) is 5.74. The SMILES string of the molecule is Nc1cnoc1-c1cc[nH]c1. The van der Waals surface area contributed by atoms with Crippen molar-refractivity contribution in [2.24, 2.45) is 0 Å². The molecule has 56 valence electrons. The smallest absolute Gasteiger partial charge is 0.191 e. The van der Waals surface area contributed by atoms with Crippen LogP contribution in [0, 0.1) is 0 Å². The lowest BCUT2D eigenvalue weighted by Crippen LogP contribution is -1.82. The zero-order valence-electron chi connectivity index (χ0n) is 5.74. The Hall–Kier alpha value is -1.71. The molecule has 3 N–H and O–H groups in total. The fraction of sp³-hybridized carbons (Fsp3) is 0. The second-order valence-electron chi connectivity index (χ2n) is 2.21. The van der Waals surface area contributed by atoms with Crippen LogP contribution in [0.4, 0.5) is 5.69 Å². The molecule has 0 saturated heterocycles. The summed E-state index contributed by atoms with van der Waals surface area (Å²) in [7, 11) is 0. The third-order valence-electron chi connectivity index (χ3n) is 1.46. The van der Waals surface area contributed by atoms with Crippen LogP contribution >= 0.6 is 0 Å². The lowest BCUT2D eigenvalue weighted by atomic mass is 10.2. The van der Waals surface area contributed by atoms with Crippen molar-refractivity contribution in [2.75, 3.05) is 5.73 Å². The number of nitrogens with two attached hydrogens (primary N) is 1. The number of nitrogen functional groups attached to an aromatic ring is 1. The minimum atomic E-state index is 0.560. The van der Waals surface area contributed by atoms with Crippen molar-refractivity contribution in [3.63, 3.8) is 0 Å². The lowest BCUT2D eigenvalue weighted by molar-refractivity contribution is 0.432. The first-order valence-corrected chi connectivity index (χ1v) is 3.21. The van der Waals surface area contributed by atoms with Crippen molar-refractivity contribution < 1.29 is 4.52 Å². The van der Waals surface area contributed by atoms with Crippen LogP contribution in [0.15, 0.2) is 29.2 Å². The van der Waals surface area contributed by atoms with Gasteiger partial charge in [-0.25, -0.2) is 0 Å². The van der Waals surface area contributed by atoms with Gasteiger partial charge in [0.05, 0.1) is 6.20 Å². The highest BCUT2D eigenvalue weighted by Crippen LogP contribution is 2.23. The normalized spacial score (nSPS) is 10.2. The topological polar surface area (TPSA) is 67.8 Å². The van der Waals surface area contributed by atoms with Gasteiger partial charge in [0.1, 0.15) is 5.69 Å². The van der Waals surface area contributed by atoms with E-state index in [2.05, 4.69) is 10.1 Å². The van der Waals surface area contributed by atoms with Crippen LogP contribution in [0.3, 0.4) is 0 Å². The summed E-state index contributed by atoms with van der Waals surface area (Å²) in [6.07, 6.45) is 5.09. The highest BCUT2D eigenvalue weighted by atomic mass is 16.5. The first-order chi connectivity index (χ1) is 5.38. The third kappa shape index (κ3) is 0.881. The molecule has 0 aliphatic rings. The summed E-state index contributed by atoms with van der Waals surface area (Å²) in [4.78, 5) is 2.90. The van der Waals surface area contributed by atoms with Crippen LogP contribution in [-0.2, 0) is 0 Å². The summed E-state index contributed by atoms with van der Waals surface area (Å²) in [6.45, 7) is 0. The second-order valence-corrected chi connectivity index (χ2v) is 2.21. The standard InChI is InChI=1S/C7H7N3O/c8-6-4-10-11-7(6)5-1-2-9-3-5/h1-4,9H,8H2. The first-order valence-electron chi connectivity index (χ1n) is 3.21. The molecule has 0 aliphatic heterocycles. The van der Waals surface area contributed by atoms with Gasteiger partial charge in [-0.2, -0.15) is 0 Å². The van der Waals surface area contributed by atoms with Crippen molar-refractivity contribution in [2.45, 2.75) is 0 Å². The van der Waals surface area contributed by atoms with E-state index in [9.17, 15) is 0 Å². The molecule has 4 nitrogen and oxygen atoms in total. The average Bonchev–Trinajstić information content (AvgIpc) is 2.55. The molecule has 2 aromatic rings. The number of nitrogens with one attached hydrogen (secondary N) is 1. The van der Waals surface area contributed by atoms with Crippen LogP contribution in [0.25, 0.3) is 11.3 Å². The van der Waals surface area contributed by atoms with Crippen molar-refractivity contribution in [3.8, 4) is 11.3 Å². The van der Waals surface area contributed by atoms with Crippen LogP contribution in [0.2, 0.25) is 0 Å². The minimum Gasteiger partial charge on any atom is -0.394 e. The molecule has 0 radical (unpaired) electrons. The van der Waals surface area contributed by atoms with Crippen molar-refractivity contribution >= 4 is 5.69 Å². The maximum Gasteiger partial charge on any atom is 0.191 e. The van der Waals surface area contributed by atoms with Crippen molar-refractivity contribution in [1.82, 2.24) is 10.1 Å². The van der Waals surface area contributed by atoms with Crippen LogP contribution in [0.1, 0.15) is 0 Å². The molecular formula is C7H7N3O. The summed E-state index contributed by atoms with van der Waals surface area (Å²) in [5.41, 5.74) is 7.04. The zero-order chi connectivity index (χ0) is 7.68. The van der Waals surface area contributed by atoms with Gasteiger partial charge < -0.3 is 15.2 Å². The van der Waals surface area contributed by atoms with Gasteiger partial charge in [-0.3, -0.25) is 0 Å². The fourth-order valence-corrected chi connectivity index (χ4v) is 0.932. The summed E-state index contributed by atoms with van der Waals surface area (Å²) in [5.74, 6) is 0.617. The number of anilines is 1. The molecule has 2 rings (SSSR count). The van der Waals surface area contributed by atoms with Gasteiger partial charge in [-0.15, -0.1) is 0 Å². The fourth-order valence-electron chi connectivity index (χ4n) is 0.932. The Morgan fingerprint density at radius 3 is 3.00 bits per heavy atom. The third-order valence-corrected chi connectivity index (χ3v) is 1.46. The molecule has 0 atom stereocenters. The molecule has 0 spiro atoms. The van der Waals surface area contributed by atoms with Crippen LogP contribution in [0.5, 0.6) is 0 Å². The second kappa shape index (κ2) is 2.16. The monoisotopic (exact) mass is 149 g/mol. The number of hydrogen-bond donors (Lipinski definition) is 2. The molecule has 0 bridgehead atoms. The Balaban J connectivity index is 2.53. The van der Waals surface area contributed by atoms with Crippen LogP contribution < -0.4 is 5.73 Å². The van der Waals surface area contributed by atoms with E-state index in [4.69, 9.17) is 10.3 Å². The number of nitrogens with zero attached hydrogens (tertiary/aromatic N) is 1. The molecule has 0 fully saturated rings. The van der Waals surface area contributed by atoms with Gasteiger partial charge in [0.25, 0.3) is 0 Å². The molecule has 4 heteroatoms. The minimum absolute atomic E-state index is 0.560. The summed E-state index contributed by atoms with van der Waals surface area (Å²) in [6, 6.07) is 1.87. The predicted octanol–water partition coefficient (Wildman–Crippen LogP) is 1.25. The largest absolute Gasteiger partial charge is 0.394 e. The molecule has 2 aromatic heterocycles. The van der Waals surface area contributed by atoms with E-state index in [1.54, 1.807) is 12.4 Å². The van der Waals surface area contributed by atoms with Gasteiger partial charge in [-0.05, 0) is 6.07 Å². The Bertz CT molecular complexity index is 336. The number of hydrogen-bond acceptors (Lipinski definition) is 3. The average molecular weight is 149 g/mol. The molecule has 11 heavy (non-hydrogen) atoms. The first kappa shape index (κ1) is 6.03. The van der Waals surface area contributed by atoms with Crippen molar-refractivity contribution in [1.29, 1.82) is 0 Å². The van der Waals surface area contributed by atoms with E-state index in [-0.39, 0.29) is 0 Å². The Morgan fingerprint density at radius 2 is 2.45 bits per heavy atom. The van der Waals surface area contributed by atoms with Gasteiger partial charge in [0.2, 0.25) is 0 Å². The number of rotatable bonds is 1. The molecule has 0 aromatic carbocycles. The Morgan fingerprint density at radius 1 is 1.55 bits per heavy atom. The number of aromatic nitrogens is 2. The van der Waals surface area contributed by atoms with Gasteiger partial charge in [0, 0.05) is 18.0 Å². The maximum absolute atomic E-state index is 5.56. The highest BCUT2D eigenvalue weighted by molar-refractivity contribution is 5.69. The van der Waals surface area contributed by atoms with E-state index in [1.165, 1.54) is 6.20 Å². The molecule has 0 unspecified atom stereocenters. The van der Waals surface area contributed by atoms with Gasteiger partial charge in [0.15, 0.2) is 5.76 Å². The number of aromatic amines is 1. The molecule has 0 amide bonds. The summed E-state index contributed by atoms with van der Waals surface area (Å²) < 4.78 is 4.91. The Kier molecular flexibility index (Phi) is 1.18. The predicted molar refractivity (Wildman–Crippen MR) is 40.7 cm³/mol. The molecular weight excluding hydrogens is 142 g/mol. The van der Waals surface area contributed by atoms with E-state index in [0.717, 1.165) is 5.56 Å². The van der Waals surface area contributed by atoms with Crippen molar-refractivity contribution in [3.05, 3.63) is 24.7 Å². The summed E-state index contributed by atoms with van der Waals surface area (Å²) in [5, 5.41) is 3.56. The molecule has 0 saturated carbocycles. The van der Waals surface area contributed by atoms with Crippen LogP contribution in [-0.4, -0.2) is 10.1 Å². The summed E-state index contributed by atoms with van der Waals surface area (Å²) >= 11 is 0. The highest BCUT2D eigenvalue weighted by Gasteiger charge is 2.06.